The molecule has 0 bridgehead atoms. The number of aryl methyl sites for hydroxylation is 1. The van der Waals surface area contributed by atoms with E-state index in [-0.39, 0.29) is 0 Å². The van der Waals surface area contributed by atoms with Crippen LogP contribution in [0.2, 0.25) is 0 Å². The Bertz CT molecular complexity index is 566. The molecule has 0 unspecified atom stereocenters. The molecule has 1 N–H and O–H groups in total. The number of aliphatic hydroxyl groups is 1. The van der Waals surface area contributed by atoms with Crippen molar-refractivity contribution in [1.29, 1.82) is 0 Å². The van der Waals surface area contributed by atoms with Crippen LogP contribution in [0.3, 0.4) is 0 Å². The Morgan fingerprint density at radius 2 is 2.21 bits per heavy atom. The Kier molecular flexibility index (Phi) is 4.27. The number of rotatable bonds is 4. The summed E-state index contributed by atoms with van der Waals surface area (Å²) in [6, 6.07) is 5.91. The van der Waals surface area contributed by atoms with Crippen LogP contribution < -0.4 is 4.90 Å². The molecule has 0 saturated heterocycles. The lowest BCUT2D eigenvalue weighted by Gasteiger charge is -2.21. The highest BCUT2D eigenvalue weighted by atomic mass is 79.9. The van der Waals surface area contributed by atoms with Crippen molar-refractivity contribution in [3.8, 4) is 0 Å². The SMILES string of the molecule is C[C@@H](O)c1ccc(N(C)Cc2nccn2C)c(Br)c1. The molecule has 1 atom stereocenters. The number of nitrogens with zero attached hydrogens (tertiary/aromatic N) is 3. The maximum absolute atomic E-state index is 9.57. The maximum Gasteiger partial charge on any atom is 0.127 e. The number of anilines is 1. The number of aromatic nitrogens is 2. The van der Waals surface area contributed by atoms with Gasteiger partial charge in [-0.25, -0.2) is 4.98 Å². The third kappa shape index (κ3) is 3.16. The lowest BCUT2D eigenvalue weighted by Crippen LogP contribution is -2.19. The zero-order valence-electron chi connectivity index (χ0n) is 11.3. The fourth-order valence-corrected chi connectivity index (χ4v) is 2.64. The predicted molar refractivity (Wildman–Crippen MR) is 80.1 cm³/mol. The van der Waals surface area contributed by atoms with Crippen molar-refractivity contribution in [3.63, 3.8) is 0 Å². The average Bonchev–Trinajstić information content (AvgIpc) is 2.74. The standard InChI is InChI=1S/C14H18BrN3O/c1-10(19)11-4-5-13(12(15)8-11)18(3)9-14-16-6-7-17(14)2/h4-8,10,19H,9H2,1-3H3/t10-/m1/s1. The quantitative estimate of drug-likeness (QED) is 0.940. The van der Waals surface area contributed by atoms with Gasteiger partial charge in [0.15, 0.2) is 0 Å². The topological polar surface area (TPSA) is 41.3 Å². The summed E-state index contributed by atoms with van der Waals surface area (Å²) >= 11 is 3.56. The minimum absolute atomic E-state index is 0.454. The normalized spacial score (nSPS) is 12.5. The largest absolute Gasteiger partial charge is 0.389 e. The number of hydrogen-bond acceptors (Lipinski definition) is 3. The third-order valence-electron chi connectivity index (χ3n) is 3.16. The molecule has 2 aromatic rings. The minimum Gasteiger partial charge on any atom is -0.389 e. The van der Waals surface area contributed by atoms with Gasteiger partial charge in [-0.15, -0.1) is 0 Å². The Labute approximate surface area is 121 Å². The first-order valence-electron chi connectivity index (χ1n) is 6.14. The van der Waals surface area contributed by atoms with Gasteiger partial charge in [-0.3, -0.25) is 0 Å². The number of imidazole rings is 1. The molecule has 1 aromatic heterocycles. The van der Waals surface area contributed by atoms with Crippen LogP contribution in [0.25, 0.3) is 0 Å². The van der Waals surface area contributed by atoms with E-state index in [1.165, 1.54) is 0 Å². The van der Waals surface area contributed by atoms with Crippen molar-refractivity contribution in [3.05, 3.63) is 46.5 Å². The summed E-state index contributed by atoms with van der Waals surface area (Å²) in [5.74, 6) is 1.01. The van der Waals surface area contributed by atoms with Gasteiger partial charge in [-0.2, -0.15) is 0 Å². The molecule has 4 nitrogen and oxygen atoms in total. The Morgan fingerprint density at radius 1 is 1.47 bits per heavy atom. The highest BCUT2D eigenvalue weighted by molar-refractivity contribution is 9.10. The molecule has 0 saturated carbocycles. The molecule has 0 aliphatic carbocycles. The van der Waals surface area contributed by atoms with Crippen molar-refractivity contribution < 1.29 is 5.11 Å². The lowest BCUT2D eigenvalue weighted by molar-refractivity contribution is 0.199. The summed E-state index contributed by atoms with van der Waals surface area (Å²) in [7, 11) is 4.01. The van der Waals surface area contributed by atoms with E-state index in [4.69, 9.17) is 0 Å². The van der Waals surface area contributed by atoms with Crippen LogP contribution in [0, 0.1) is 0 Å². The Morgan fingerprint density at radius 3 is 2.74 bits per heavy atom. The summed E-state index contributed by atoms with van der Waals surface area (Å²) in [6.45, 7) is 2.50. The van der Waals surface area contributed by atoms with E-state index in [2.05, 4.69) is 25.8 Å². The molecule has 0 radical (unpaired) electrons. The summed E-state index contributed by atoms with van der Waals surface area (Å²) < 4.78 is 2.98. The Balaban J connectivity index is 2.20. The maximum atomic E-state index is 9.57. The summed E-state index contributed by atoms with van der Waals surface area (Å²) in [5.41, 5.74) is 1.98. The van der Waals surface area contributed by atoms with Gasteiger partial charge in [0.1, 0.15) is 5.82 Å². The molecule has 0 fully saturated rings. The van der Waals surface area contributed by atoms with Crippen LogP contribution >= 0.6 is 15.9 Å². The molecule has 2 rings (SSSR count). The van der Waals surface area contributed by atoms with Crippen molar-refractivity contribution in [2.24, 2.45) is 7.05 Å². The number of hydrogen-bond donors (Lipinski definition) is 1. The summed E-state index contributed by atoms with van der Waals surface area (Å²) in [5, 5.41) is 9.57. The fraction of sp³-hybridized carbons (Fsp3) is 0.357. The first-order valence-corrected chi connectivity index (χ1v) is 6.93. The monoisotopic (exact) mass is 323 g/mol. The van der Waals surface area contributed by atoms with Gasteiger partial charge in [0.2, 0.25) is 0 Å². The van der Waals surface area contributed by atoms with Crippen LogP contribution in [-0.2, 0) is 13.6 Å². The second-order valence-electron chi connectivity index (χ2n) is 4.70. The highest BCUT2D eigenvalue weighted by Crippen LogP contribution is 2.29. The van der Waals surface area contributed by atoms with Crippen molar-refractivity contribution >= 4 is 21.6 Å². The van der Waals surface area contributed by atoms with Crippen LogP contribution in [0.1, 0.15) is 24.4 Å². The third-order valence-corrected chi connectivity index (χ3v) is 3.80. The molecular formula is C14H18BrN3O. The van der Waals surface area contributed by atoms with Crippen molar-refractivity contribution in [2.75, 3.05) is 11.9 Å². The van der Waals surface area contributed by atoms with E-state index in [0.29, 0.717) is 0 Å². The molecule has 0 amide bonds. The van der Waals surface area contributed by atoms with Gasteiger partial charge in [-0.05, 0) is 40.5 Å². The molecule has 0 aliphatic heterocycles. The van der Waals surface area contributed by atoms with Crippen molar-refractivity contribution in [1.82, 2.24) is 9.55 Å². The van der Waals surface area contributed by atoms with Crippen LogP contribution in [-0.4, -0.2) is 21.7 Å². The second-order valence-corrected chi connectivity index (χ2v) is 5.55. The molecule has 0 aliphatic rings. The van der Waals surface area contributed by atoms with Crippen LogP contribution in [0.15, 0.2) is 35.1 Å². The lowest BCUT2D eigenvalue weighted by atomic mass is 10.1. The molecule has 0 spiro atoms. The van der Waals surface area contributed by atoms with Gasteiger partial charge >= 0.3 is 0 Å². The van der Waals surface area contributed by atoms with Gasteiger partial charge in [-0.1, -0.05) is 6.07 Å². The first-order chi connectivity index (χ1) is 8.99. The van der Waals surface area contributed by atoms with Gasteiger partial charge in [0, 0.05) is 31.0 Å². The van der Waals surface area contributed by atoms with E-state index in [1.807, 2.05) is 43.1 Å². The number of halogens is 1. The van der Waals surface area contributed by atoms with E-state index in [1.54, 1.807) is 13.1 Å². The van der Waals surface area contributed by atoms with E-state index in [0.717, 1.165) is 28.1 Å². The molecule has 102 valence electrons. The van der Waals surface area contributed by atoms with Crippen molar-refractivity contribution in [2.45, 2.75) is 19.6 Å². The minimum atomic E-state index is -0.454. The summed E-state index contributed by atoms with van der Waals surface area (Å²) in [6.07, 6.45) is 3.29. The van der Waals surface area contributed by atoms with Gasteiger partial charge < -0.3 is 14.6 Å². The molecular weight excluding hydrogens is 306 g/mol. The number of aliphatic hydroxyl groups excluding tert-OH is 1. The predicted octanol–water partition coefficient (Wildman–Crippen LogP) is 2.87. The average molecular weight is 324 g/mol. The Hall–Kier alpha value is -1.33. The van der Waals surface area contributed by atoms with Gasteiger partial charge in [0.05, 0.1) is 18.3 Å². The van der Waals surface area contributed by atoms with Crippen LogP contribution in [0.5, 0.6) is 0 Å². The molecule has 19 heavy (non-hydrogen) atoms. The van der Waals surface area contributed by atoms with Crippen LogP contribution in [0.4, 0.5) is 5.69 Å². The fourth-order valence-electron chi connectivity index (χ4n) is 1.94. The smallest absolute Gasteiger partial charge is 0.127 e. The first kappa shape index (κ1) is 14.1. The zero-order valence-corrected chi connectivity index (χ0v) is 12.9. The van der Waals surface area contributed by atoms with E-state index < -0.39 is 6.10 Å². The second kappa shape index (κ2) is 5.75. The van der Waals surface area contributed by atoms with E-state index in [9.17, 15) is 5.11 Å². The molecule has 1 heterocycles. The molecule has 5 heteroatoms. The number of benzene rings is 1. The van der Waals surface area contributed by atoms with E-state index >= 15 is 0 Å². The van der Waals surface area contributed by atoms with Gasteiger partial charge in [0.25, 0.3) is 0 Å². The zero-order chi connectivity index (χ0) is 14.0. The highest BCUT2D eigenvalue weighted by Gasteiger charge is 2.11. The summed E-state index contributed by atoms with van der Waals surface area (Å²) in [4.78, 5) is 6.45. The molecule has 1 aromatic carbocycles.